The minimum absolute atomic E-state index is 0.156. The molecule has 1 amide bonds. The summed E-state index contributed by atoms with van der Waals surface area (Å²) in [6, 6.07) is 14.0. The molecular weight excluding hydrogens is 412 g/mol. The summed E-state index contributed by atoms with van der Waals surface area (Å²) in [4.78, 5) is 26.9. The van der Waals surface area contributed by atoms with Crippen molar-refractivity contribution in [3.8, 4) is 23.3 Å². The van der Waals surface area contributed by atoms with Gasteiger partial charge in [0.2, 0.25) is 5.75 Å². The summed E-state index contributed by atoms with van der Waals surface area (Å²) in [6.45, 7) is 6.34. The van der Waals surface area contributed by atoms with E-state index >= 15 is 0 Å². The number of para-hydroxylation sites is 1. The van der Waals surface area contributed by atoms with Crippen LogP contribution >= 0.6 is 0 Å². The van der Waals surface area contributed by atoms with Crippen LogP contribution in [-0.4, -0.2) is 44.8 Å². The van der Waals surface area contributed by atoms with Crippen molar-refractivity contribution < 1.29 is 28.5 Å². The molecule has 2 aromatic rings. The van der Waals surface area contributed by atoms with Gasteiger partial charge in [-0.2, -0.15) is 5.26 Å². The van der Waals surface area contributed by atoms with Gasteiger partial charge < -0.3 is 23.8 Å². The summed E-state index contributed by atoms with van der Waals surface area (Å²) in [6.07, 6.45) is 0.156. The predicted octanol–water partition coefficient (Wildman–Crippen LogP) is 3.99. The van der Waals surface area contributed by atoms with E-state index in [1.807, 2.05) is 32.9 Å². The van der Waals surface area contributed by atoms with Gasteiger partial charge >= 0.3 is 5.97 Å². The largest absolute Gasteiger partial charge is 0.490 e. The molecule has 0 spiro atoms. The highest BCUT2D eigenvalue weighted by Gasteiger charge is 2.21. The van der Waals surface area contributed by atoms with Crippen molar-refractivity contribution in [2.24, 2.45) is 0 Å². The van der Waals surface area contributed by atoms with E-state index in [2.05, 4.69) is 0 Å². The standard InChI is InChI=1S/C24H28N2O6/c1-4-29-20-15-18(16-21(30-5-2)23(20)31-6-3)24(28)32-17-22(27)26(14-10-13-25)19-11-8-7-9-12-19/h7-9,11-12,15-16H,4-6,10,14,17H2,1-3H3. The van der Waals surface area contributed by atoms with Crippen molar-refractivity contribution in [3.63, 3.8) is 0 Å². The van der Waals surface area contributed by atoms with Crippen molar-refractivity contribution >= 4 is 17.6 Å². The third-order valence-corrected chi connectivity index (χ3v) is 4.29. The van der Waals surface area contributed by atoms with Gasteiger partial charge in [-0.25, -0.2) is 4.79 Å². The number of nitriles is 1. The molecule has 2 rings (SSSR count). The summed E-state index contributed by atoms with van der Waals surface area (Å²) < 4.78 is 22.1. The van der Waals surface area contributed by atoms with Crippen LogP contribution in [-0.2, 0) is 9.53 Å². The van der Waals surface area contributed by atoms with E-state index in [0.29, 0.717) is 42.8 Å². The van der Waals surface area contributed by atoms with E-state index < -0.39 is 18.5 Å². The molecular formula is C24H28N2O6. The van der Waals surface area contributed by atoms with Gasteiger partial charge in [0.1, 0.15) is 0 Å². The van der Waals surface area contributed by atoms with Crippen molar-refractivity contribution in [3.05, 3.63) is 48.0 Å². The molecule has 0 saturated carbocycles. The molecule has 0 fully saturated rings. The maximum absolute atomic E-state index is 12.7. The molecule has 0 aliphatic carbocycles. The van der Waals surface area contributed by atoms with Crippen LogP contribution in [0.4, 0.5) is 5.69 Å². The van der Waals surface area contributed by atoms with Crippen LogP contribution in [0.2, 0.25) is 0 Å². The number of esters is 1. The van der Waals surface area contributed by atoms with E-state index in [1.54, 1.807) is 24.3 Å². The highest BCUT2D eigenvalue weighted by Crippen LogP contribution is 2.39. The van der Waals surface area contributed by atoms with E-state index in [0.717, 1.165) is 0 Å². The lowest BCUT2D eigenvalue weighted by Crippen LogP contribution is -2.35. The van der Waals surface area contributed by atoms with E-state index in [4.69, 9.17) is 24.2 Å². The number of amides is 1. The molecule has 0 aliphatic rings. The van der Waals surface area contributed by atoms with Gasteiger partial charge in [0.05, 0.1) is 37.9 Å². The first-order valence-electron chi connectivity index (χ1n) is 10.5. The zero-order chi connectivity index (χ0) is 23.3. The minimum Gasteiger partial charge on any atom is -0.490 e. The van der Waals surface area contributed by atoms with Crippen molar-refractivity contribution in [2.45, 2.75) is 27.2 Å². The molecule has 8 nitrogen and oxygen atoms in total. The predicted molar refractivity (Wildman–Crippen MR) is 119 cm³/mol. The van der Waals surface area contributed by atoms with Gasteiger partial charge in [-0.15, -0.1) is 0 Å². The van der Waals surface area contributed by atoms with Crippen molar-refractivity contribution in [1.29, 1.82) is 5.26 Å². The Morgan fingerprint density at radius 2 is 1.53 bits per heavy atom. The first kappa shape index (κ1) is 24.5. The second kappa shape index (κ2) is 12.8. The average Bonchev–Trinajstić information content (AvgIpc) is 2.80. The van der Waals surface area contributed by atoms with Crippen LogP contribution in [0, 0.1) is 11.3 Å². The fourth-order valence-electron chi connectivity index (χ4n) is 2.96. The van der Waals surface area contributed by atoms with Gasteiger partial charge in [0.15, 0.2) is 18.1 Å². The molecule has 0 radical (unpaired) electrons. The number of anilines is 1. The highest BCUT2D eigenvalue weighted by molar-refractivity contribution is 5.97. The molecule has 0 aromatic heterocycles. The monoisotopic (exact) mass is 440 g/mol. The molecule has 0 bridgehead atoms. The summed E-state index contributed by atoms with van der Waals surface area (Å²) >= 11 is 0. The van der Waals surface area contributed by atoms with Gasteiger partial charge in [-0.1, -0.05) is 18.2 Å². The van der Waals surface area contributed by atoms with Crippen LogP contribution in [0.15, 0.2) is 42.5 Å². The maximum atomic E-state index is 12.7. The lowest BCUT2D eigenvalue weighted by Gasteiger charge is -2.21. The Labute approximate surface area is 188 Å². The van der Waals surface area contributed by atoms with E-state index in [9.17, 15) is 9.59 Å². The average molecular weight is 440 g/mol. The van der Waals surface area contributed by atoms with Crippen LogP contribution in [0.3, 0.4) is 0 Å². The lowest BCUT2D eigenvalue weighted by molar-refractivity contribution is -0.121. The van der Waals surface area contributed by atoms with E-state index in [1.165, 1.54) is 17.0 Å². The summed E-state index contributed by atoms with van der Waals surface area (Å²) in [5.41, 5.74) is 0.804. The zero-order valence-electron chi connectivity index (χ0n) is 18.6. The molecule has 8 heteroatoms. The summed E-state index contributed by atoms with van der Waals surface area (Å²) in [7, 11) is 0. The molecule has 0 saturated heterocycles. The Morgan fingerprint density at radius 3 is 2.06 bits per heavy atom. The van der Waals surface area contributed by atoms with Gasteiger partial charge in [0, 0.05) is 12.2 Å². The number of hydrogen-bond acceptors (Lipinski definition) is 7. The second-order valence-corrected chi connectivity index (χ2v) is 6.47. The third-order valence-electron chi connectivity index (χ3n) is 4.29. The molecule has 0 heterocycles. The maximum Gasteiger partial charge on any atom is 0.338 e. The molecule has 32 heavy (non-hydrogen) atoms. The molecule has 0 atom stereocenters. The number of hydrogen-bond donors (Lipinski definition) is 0. The van der Waals surface area contributed by atoms with Crippen LogP contribution in [0.25, 0.3) is 0 Å². The fraction of sp³-hybridized carbons (Fsp3) is 0.375. The minimum atomic E-state index is -0.698. The van der Waals surface area contributed by atoms with E-state index in [-0.39, 0.29) is 18.5 Å². The van der Waals surface area contributed by atoms with Gasteiger partial charge in [-0.05, 0) is 45.0 Å². The first-order valence-corrected chi connectivity index (χ1v) is 10.5. The molecule has 170 valence electrons. The Kier molecular flexibility index (Phi) is 9.85. The molecule has 0 unspecified atom stereocenters. The number of rotatable bonds is 12. The van der Waals surface area contributed by atoms with Crippen LogP contribution in [0.5, 0.6) is 17.2 Å². The quantitative estimate of drug-likeness (QED) is 0.460. The number of carbonyl (C=O) groups is 2. The summed E-state index contributed by atoms with van der Waals surface area (Å²) in [5.74, 6) is 0.00463. The Balaban J connectivity index is 2.20. The van der Waals surface area contributed by atoms with Crippen molar-refractivity contribution in [2.75, 3.05) is 37.9 Å². The number of carbonyl (C=O) groups excluding carboxylic acids is 2. The van der Waals surface area contributed by atoms with Crippen LogP contribution < -0.4 is 19.1 Å². The Bertz CT molecular complexity index is 912. The SMILES string of the molecule is CCOc1cc(C(=O)OCC(=O)N(CCC#N)c2ccccc2)cc(OCC)c1OCC. The van der Waals surface area contributed by atoms with Gasteiger partial charge in [0.25, 0.3) is 5.91 Å². The number of ether oxygens (including phenoxy) is 4. The normalized spacial score (nSPS) is 10.1. The van der Waals surface area contributed by atoms with Gasteiger partial charge in [-0.3, -0.25) is 4.79 Å². The van der Waals surface area contributed by atoms with Crippen LogP contribution in [0.1, 0.15) is 37.6 Å². The lowest BCUT2D eigenvalue weighted by atomic mass is 10.2. The molecule has 0 aliphatic heterocycles. The number of benzene rings is 2. The topological polar surface area (TPSA) is 98.1 Å². The fourth-order valence-corrected chi connectivity index (χ4v) is 2.96. The first-order chi connectivity index (χ1) is 15.5. The number of nitrogens with zero attached hydrogens (tertiary/aromatic N) is 2. The zero-order valence-corrected chi connectivity index (χ0v) is 18.6. The Hall–Kier alpha value is -3.73. The smallest absolute Gasteiger partial charge is 0.338 e. The third kappa shape index (κ3) is 6.64. The summed E-state index contributed by atoms with van der Waals surface area (Å²) in [5, 5.41) is 8.90. The highest BCUT2D eigenvalue weighted by atomic mass is 16.5. The van der Waals surface area contributed by atoms with Crippen molar-refractivity contribution in [1.82, 2.24) is 0 Å². The Morgan fingerprint density at radius 1 is 0.938 bits per heavy atom. The molecule has 2 aromatic carbocycles. The molecule has 0 N–H and O–H groups in total. The second-order valence-electron chi connectivity index (χ2n) is 6.47.